The van der Waals surface area contributed by atoms with Crippen molar-refractivity contribution in [1.82, 2.24) is 0 Å². The molecule has 0 aliphatic carbocycles. The Labute approximate surface area is 76.9 Å². The summed E-state index contributed by atoms with van der Waals surface area (Å²) in [6.07, 6.45) is 5.13. The molecule has 1 rings (SSSR count). The fraction of sp³-hybridized carbons (Fsp3) is 0.273. The van der Waals surface area contributed by atoms with Crippen molar-refractivity contribution in [2.75, 3.05) is 0 Å². The minimum absolute atomic E-state index is 0.443. The van der Waals surface area contributed by atoms with Crippen LogP contribution in [0.2, 0.25) is 0 Å². The van der Waals surface area contributed by atoms with Gasteiger partial charge in [0.2, 0.25) is 0 Å². The van der Waals surface area contributed by atoms with Gasteiger partial charge in [0.05, 0.1) is 0 Å². The molecule has 0 fully saturated rings. The summed E-state index contributed by atoms with van der Waals surface area (Å²) in [5, 5.41) is 0. The fourth-order valence-corrected chi connectivity index (χ4v) is 1.15. The van der Waals surface area contributed by atoms with Gasteiger partial charge in [0.25, 0.3) is 0 Å². The van der Waals surface area contributed by atoms with Gasteiger partial charge in [0.15, 0.2) is 11.6 Å². The first-order valence-electron chi connectivity index (χ1n) is 4.29. The lowest BCUT2D eigenvalue weighted by Crippen LogP contribution is -1.92. The molecule has 1 aromatic carbocycles. The van der Waals surface area contributed by atoms with Crippen LogP contribution in [0.25, 0.3) is 0 Å². The largest absolute Gasteiger partial charge is 0.204 e. The van der Waals surface area contributed by atoms with Crippen molar-refractivity contribution in [1.29, 1.82) is 0 Å². The molecular weight excluding hydrogens is 170 g/mol. The minimum atomic E-state index is -0.766. The third kappa shape index (κ3) is 2.65. The summed E-state index contributed by atoms with van der Waals surface area (Å²) in [5.74, 6) is -1.48. The molecule has 0 aliphatic rings. The smallest absolute Gasteiger partial charge is 0.162 e. The number of hydrogen-bond acceptors (Lipinski definition) is 0. The number of allylic oxidation sites excluding steroid dienone is 2. The summed E-state index contributed by atoms with van der Waals surface area (Å²) >= 11 is 0. The second kappa shape index (κ2) is 4.75. The highest BCUT2D eigenvalue weighted by Gasteiger charge is 2.05. The highest BCUT2D eigenvalue weighted by Crippen LogP contribution is 2.13. The molecule has 0 radical (unpaired) electrons. The van der Waals surface area contributed by atoms with Crippen LogP contribution >= 0.6 is 0 Å². The van der Waals surface area contributed by atoms with Crippen molar-refractivity contribution < 1.29 is 8.78 Å². The van der Waals surface area contributed by atoms with E-state index in [1.807, 2.05) is 19.1 Å². The van der Waals surface area contributed by atoms with Crippen molar-refractivity contribution in [3.63, 3.8) is 0 Å². The van der Waals surface area contributed by atoms with Crippen LogP contribution in [0.15, 0.2) is 30.4 Å². The van der Waals surface area contributed by atoms with Crippen molar-refractivity contribution in [2.45, 2.75) is 19.8 Å². The van der Waals surface area contributed by atoms with Gasteiger partial charge < -0.3 is 0 Å². The topological polar surface area (TPSA) is 0 Å². The van der Waals surface area contributed by atoms with E-state index in [2.05, 4.69) is 0 Å². The molecule has 0 amide bonds. The normalized spacial score (nSPS) is 11.0. The Hall–Kier alpha value is -1.18. The van der Waals surface area contributed by atoms with Crippen molar-refractivity contribution in [2.24, 2.45) is 0 Å². The Kier molecular flexibility index (Phi) is 3.62. The zero-order valence-corrected chi connectivity index (χ0v) is 7.56. The van der Waals surface area contributed by atoms with Gasteiger partial charge in [-0.05, 0) is 31.4 Å². The predicted octanol–water partition coefficient (Wildman–Crippen LogP) is 3.47. The summed E-state index contributed by atoms with van der Waals surface area (Å²) in [5.41, 5.74) is 0.443. The number of aryl methyl sites for hydroxylation is 1. The SMILES string of the molecule is CC=CCCc1cccc(F)c1F. The van der Waals surface area contributed by atoms with Crippen LogP contribution < -0.4 is 0 Å². The Bertz CT molecular complexity index is 303. The Morgan fingerprint density at radius 1 is 1.31 bits per heavy atom. The van der Waals surface area contributed by atoms with E-state index in [0.717, 1.165) is 12.5 Å². The molecule has 2 heteroatoms. The van der Waals surface area contributed by atoms with Crippen molar-refractivity contribution >= 4 is 0 Å². The molecule has 70 valence electrons. The van der Waals surface area contributed by atoms with Crippen LogP contribution in [0.3, 0.4) is 0 Å². The Morgan fingerprint density at radius 2 is 2.08 bits per heavy atom. The monoisotopic (exact) mass is 182 g/mol. The Balaban J connectivity index is 2.71. The second-order valence-corrected chi connectivity index (χ2v) is 2.82. The molecule has 0 bridgehead atoms. The fourth-order valence-electron chi connectivity index (χ4n) is 1.15. The molecule has 0 unspecified atom stereocenters. The zero-order valence-electron chi connectivity index (χ0n) is 7.56. The minimum Gasteiger partial charge on any atom is -0.204 e. The van der Waals surface area contributed by atoms with Gasteiger partial charge in [-0.15, -0.1) is 0 Å². The molecule has 0 saturated heterocycles. The number of rotatable bonds is 3. The van der Waals surface area contributed by atoms with Gasteiger partial charge in [-0.1, -0.05) is 24.3 Å². The van der Waals surface area contributed by atoms with Gasteiger partial charge in [-0.3, -0.25) is 0 Å². The van der Waals surface area contributed by atoms with Gasteiger partial charge in [-0.25, -0.2) is 8.78 Å². The molecular formula is C11H12F2. The number of halogens is 2. The average molecular weight is 182 g/mol. The van der Waals surface area contributed by atoms with E-state index in [1.54, 1.807) is 6.07 Å². The quantitative estimate of drug-likeness (QED) is 0.628. The van der Waals surface area contributed by atoms with Crippen molar-refractivity contribution in [3.8, 4) is 0 Å². The maximum absolute atomic E-state index is 13.0. The first-order chi connectivity index (χ1) is 6.25. The summed E-state index contributed by atoms with van der Waals surface area (Å²) in [6, 6.07) is 4.28. The summed E-state index contributed by atoms with van der Waals surface area (Å²) in [4.78, 5) is 0. The number of hydrogen-bond donors (Lipinski definition) is 0. The Morgan fingerprint density at radius 3 is 2.77 bits per heavy atom. The molecule has 0 saturated carbocycles. The van der Waals surface area contributed by atoms with Gasteiger partial charge >= 0.3 is 0 Å². The highest BCUT2D eigenvalue weighted by molar-refractivity contribution is 5.19. The maximum atomic E-state index is 13.0. The molecule has 0 aliphatic heterocycles. The van der Waals surface area contributed by atoms with E-state index in [1.165, 1.54) is 6.07 Å². The van der Waals surface area contributed by atoms with Crippen LogP contribution in [0.4, 0.5) is 8.78 Å². The average Bonchev–Trinajstić information content (AvgIpc) is 2.13. The second-order valence-electron chi connectivity index (χ2n) is 2.82. The summed E-state index contributed by atoms with van der Waals surface area (Å²) in [6.45, 7) is 1.90. The molecule has 0 spiro atoms. The number of benzene rings is 1. The van der Waals surface area contributed by atoms with Crippen LogP contribution in [-0.2, 0) is 6.42 Å². The third-order valence-electron chi connectivity index (χ3n) is 1.85. The molecule has 0 atom stereocenters. The lowest BCUT2D eigenvalue weighted by molar-refractivity contribution is 0.499. The van der Waals surface area contributed by atoms with E-state index < -0.39 is 11.6 Å². The van der Waals surface area contributed by atoms with Gasteiger partial charge in [0, 0.05) is 0 Å². The van der Waals surface area contributed by atoms with Gasteiger partial charge in [0.1, 0.15) is 0 Å². The molecule has 0 N–H and O–H groups in total. The summed E-state index contributed by atoms with van der Waals surface area (Å²) in [7, 11) is 0. The lowest BCUT2D eigenvalue weighted by Gasteiger charge is -2.00. The first kappa shape index (κ1) is 9.90. The lowest BCUT2D eigenvalue weighted by atomic mass is 10.1. The molecule has 0 aromatic heterocycles. The van der Waals surface area contributed by atoms with Crippen LogP contribution in [0.5, 0.6) is 0 Å². The molecule has 0 nitrogen and oxygen atoms in total. The van der Waals surface area contributed by atoms with E-state index in [4.69, 9.17) is 0 Å². The van der Waals surface area contributed by atoms with Crippen LogP contribution in [0.1, 0.15) is 18.9 Å². The van der Waals surface area contributed by atoms with E-state index in [0.29, 0.717) is 12.0 Å². The predicted molar refractivity (Wildman–Crippen MR) is 49.5 cm³/mol. The van der Waals surface area contributed by atoms with Gasteiger partial charge in [-0.2, -0.15) is 0 Å². The van der Waals surface area contributed by atoms with E-state index in [-0.39, 0.29) is 0 Å². The maximum Gasteiger partial charge on any atom is 0.162 e. The molecule has 0 heterocycles. The summed E-state index contributed by atoms with van der Waals surface area (Å²) < 4.78 is 25.7. The zero-order chi connectivity index (χ0) is 9.68. The standard InChI is InChI=1S/C11H12F2/c1-2-3-4-6-9-7-5-8-10(12)11(9)13/h2-3,5,7-8H,4,6H2,1H3. The van der Waals surface area contributed by atoms with E-state index >= 15 is 0 Å². The van der Waals surface area contributed by atoms with Crippen LogP contribution in [0, 0.1) is 11.6 Å². The van der Waals surface area contributed by atoms with Crippen molar-refractivity contribution in [3.05, 3.63) is 47.5 Å². The molecule has 13 heavy (non-hydrogen) atoms. The third-order valence-corrected chi connectivity index (χ3v) is 1.85. The van der Waals surface area contributed by atoms with Crippen LogP contribution in [-0.4, -0.2) is 0 Å². The van der Waals surface area contributed by atoms with E-state index in [9.17, 15) is 8.78 Å². The molecule has 1 aromatic rings. The highest BCUT2D eigenvalue weighted by atomic mass is 19.2. The first-order valence-corrected chi connectivity index (χ1v) is 4.29.